The van der Waals surface area contributed by atoms with Crippen molar-refractivity contribution < 1.29 is 17.8 Å². The van der Waals surface area contributed by atoms with E-state index in [1.807, 2.05) is 25.1 Å². The number of hydrogen-bond acceptors (Lipinski definition) is 5. The fourth-order valence-electron chi connectivity index (χ4n) is 1.98. The maximum Gasteiger partial charge on any atom is 0.294 e. The van der Waals surface area contributed by atoms with Crippen molar-refractivity contribution in [2.24, 2.45) is 0 Å². The number of rotatable bonds is 5. The normalized spacial score (nSPS) is 11.5. The van der Waals surface area contributed by atoms with Gasteiger partial charge in [-0.15, -0.1) is 0 Å². The molecule has 0 aliphatic rings. The Balaban J connectivity index is 2.12. The molecule has 0 spiro atoms. The fraction of sp³-hybridized carbons (Fsp3) is 0.0588. The van der Waals surface area contributed by atoms with Crippen LogP contribution in [0.2, 0.25) is 0 Å². The molecule has 2 aromatic carbocycles. The SMILES string of the molecule is Cc1cc(I)ccc1NC(=O)/C(C#N)=C\Nc1ccc(S(=O)(=O)O)cc1. The second-order valence-electron chi connectivity index (χ2n) is 5.23. The van der Waals surface area contributed by atoms with E-state index in [-0.39, 0.29) is 10.5 Å². The average molecular weight is 483 g/mol. The van der Waals surface area contributed by atoms with Crippen LogP contribution in [-0.4, -0.2) is 18.9 Å². The highest BCUT2D eigenvalue weighted by molar-refractivity contribution is 14.1. The third-order valence-corrected chi connectivity index (χ3v) is 4.88. The number of nitriles is 1. The van der Waals surface area contributed by atoms with Crippen molar-refractivity contribution in [2.45, 2.75) is 11.8 Å². The van der Waals surface area contributed by atoms with Crippen LogP contribution in [0, 0.1) is 21.8 Å². The summed E-state index contributed by atoms with van der Waals surface area (Å²) in [6.45, 7) is 1.85. The number of amides is 1. The van der Waals surface area contributed by atoms with E-state index in [0.29, 0.717) is 11.4 Å². The summed E-state index contributed by atoms with van der Waals surface area (Å²) in [6, 6.07) is 12.5. The molecule has 0 heterocycles. The van der Waals surface area contributed by atoms with Gasteiger partial charge in [0, 0.05) is 21.1 Å². The van der Waals surface area contributed by atoms with Crippen molar-refractivity contribution in [2.75, 3.05) is 10.6 Å². The summed E-state index contributed by atoms with van der Waals surface area (Å²) in [5.41, 5.74) is 1.77. The Labute approximate surface area is 164 Å². The molecule has 0 fully saturated rings. The summed E-state index contributed by atoms with van der Waals surface area (Å²) in [5, 5.41) is 14.6. The molecule has 0 aliphatic heterocycles. The Bertz CT molecular complexity index is 1010. The van der Waals surface area contributed by atoms with Gasteiger partial charge in [0.2, 0.25) is 0 Å². The van der Waals surface area contributed by atoms with Gasteiger partial charge < -0.3 is 10.6 Å². The molecule has 2 aromatic rings. The van der Waals surface area contributed by atoms with Crippen molar-refractivity contribution in [3.63, 3.8) is 0 Å². The third-order valence-electron chi connectivity index (χ3n) is 3.34. The van der Waals surface area contributed by atoms with Crippen LogP contribution in [0.25, 0.3) is 0 Å². The minimum Gasteiger partial charge on any atom is -0.360 e. The molecular weight excluding hydrogens is 469 g/mol. The number of nitrogens with one attached hydrogen (secondary N) is 2. The van der Waals surface area contributed by atoms with Gasteiger partial charge in [0.1, 0.15) is 11.6 Å². The van der Waals surface area contributed by atoms with Crippen LogP contribution in [0.3, 0.4) is 0 Å². The second kappa shape index (κ2) is 8.31. The molecule has 7 nitrogen and oxygen atoms in total. The first-order valence-electron chi connectivity index (χ1n) is 7.22. The van der Waals surface area contributed by atoms with Gasteiger partial charge in [-0.3, -0.25) is 9.35 Å². The maximum absolute atomic E-state index is 12.2. The van der Waals surface area contributed by atoms with Crippen molar-refractivity contribution in [3.8, 4) is 6.07 Å². The number of benzene rings is 2. The number of halogens is 1. The van der Waals surface area contributed by atoms with Crippen molar-refractivity contribution in [1.29, 1.82) is 5.26 Å². The fourth-order valence-corrected chi connectivity index (χ4v) is 3.11. The Morgan fingerprint density at radius 2 is 1.88 bits per heavy atom. The van der Waals surface area contributed by atoms with E-state index in [9.17, 15) is 18.5 Å². The van der Waals surface area contributed by atoms with Gasteiger partial charge in [-0.2, -0.15) is 13.7 Å². The van der Waals surface area contributed by atoms with Gasteiger partial charge in [0.25, 0.3) is 16.0 Å². The lowest BCUT2D eigenvalue weighted by Gasteiger charge is -2.08. The molecule has 0 unspecified atom stereocenters. The molecule has 0 saturated carbocycles. The van der Waals surface area contributed by atoms with Crippen molar-refractivity contribution in [3.05, 3.63) is 63.4 Å². The highest BCUT2D eigenvalue weighted by Gasteiger charge is 2.11. The zero-order chi connectivity index (χ0) is 19.3. The first-order chi connectivity index (χ1) is 12.2. The van der Waals surface area contributed by atoms with Crippen LogP contribution in [0.15, 0.2) is 59.1 Å². The maximum atomic E-state index is 12.2. The van der Waals surface area contributed by atoms with Crippen molar-refractivity contribution >= 4 is 50.0 Å². The van der Waals surface area contributed by atoms with Gasteiger partial charge in [-0.1, -0.05) is 0 Å². The third kappa shape index (κ3) is 5.29. The van der Waals surface area contributed by atoms with Crippen LogP contribution in [0.5, 0.6) is 0 Å². The van der Waals surface area contributed by atoms with Gasteiger partial charge in [0.15, 0.2) is 0 Å². The summed E-state index contributed by atoms with van der Waals surface area (Å²) >= 11 is 2.16. The standard InChI is InChI=1S/C17H14IN3O4S/c1-11-8-13(18)2-7-16(11)21-17(22)12(9-19)10-20-14-3-5-15(6-4-14)26(23,24)25/h2-8,10,20H,1H3,(H,21,22)(H,23,24,25)/b12-10-. The number of anilines is 2. The summed E-state index contributed by atoms with van der Waals surface area (Å²) in [4.78, 5) is 12.0. The van der Waals surface area contributed by atoms with E-state index < -0.39 is 16.0 Å². The number of carbonyl (C=O) groups is 1. The van der Waals surface area contributed by atoms with Crippen molar-refractivity contribution in [1.82, 2.24) is 0 Å². The average Bonchev–Trinajstić information content (AvgIpc) is 2.57. The molecule has 2 rings (SSSR count). The molecule has 3 N–H and O–H groups in total. The molecule has 134 valence electrons. The van der Waals surface area contributed by atoms with E-state index in [0.717, 1.165) is 9.13 Å². The smallest absolute Gasteiger partial charge is 0.294 e. The minimum absolute atomic E-state index is 0.151. The largest absolute Gasteiger partial charge is 0.360 e. The predicted octanol–water partition coefficient (Wildman–Crippen LogP) is 3.30. The predicted molar refractivity (Wildman–Crippen MR) is 106 cm³/mol. The lowest BCUT2D eigenvalue weighted by Crippen LogP contribution is -2.15. The molecule has 0 aromatic heterocycles. The molecule has 9 heteroatoms. The number of hydrogen-bond donors (Lipinski definition) is 3. The monoisotopic (exact) mass is 483 g/mol. The van der Waals surface area contributed by atoms with E-state index in [1.54, 1.807) is 6.07 Å². The highest BCUT2D eigenvalue weighted by atomic mass is 127. The molecule has 0 radical (unpaired) electrons. The van der Waals surface area contributed by atoms with Crippen LogP contribution in [0.1, 0.15) is 5.56 Å². The zero-order valence-corrected chi connectivity index (χ0v) is 16.5. The van der Waals surface area contributed by atoms with E-state index in [4.69, 9.17) is 4.55 Å². The molecule has 0 saturated heterocycles. The van der Waals surface area contributed by atoms with Gasteiger partial charge in [-0.25, -0.2) is 0 Å². The van der Waals surface area contributed by atoms with Gasteiger partial charge in [-0.05, 0) is 77.5 Å². The minimum atomic E-state index is -4.27. The zero-order valence-electron chi connectivity index (χ0n) is 13.5. The molecule has 0 bridgehead atoms. The summed E-state index contributed by atoms with van der Waals surface area (Å²) in [5.74, 6) is -0.570. The van der Waals surface area contributed by atoms with Gasteiger partial charge in [0.05, 0.1) is 4.90 Å². The number of aryl methyl sites for hydroxylation is 1. The lowest BCUT2D eigenvalue weighted by molar-refractivity contribution is -0.112. The second-order valence-corrected chi connectivity index (χ2v) is 7.89. The van der Waals surface area contributed by atoms with Gasteiger partial charge >= 0.3 is 0 Å². The topological polar surface area (TPSA) is 119 Å². The molecule has 0 atom stereocenters. The summed E-state index contributed by atoms with van der Waals surface area (Å²) < 4.78 is 32.0. The van der Waals surface area contributed by atoms with E-state index >= 15 is 0 Å². The van der Waals surface area contributed by atoms with E-state index in [2.05, 4.69) is 33.2 Å². The Morgan fingerprint density at radius 1 is 1.23 bits per heavy atom. The molecule has 26 heavy (non-hydrogen) atoms. The van der Waals surface area contributed by atoms with Crippen LogP contribution in [0.4, 0.5) is 11.4 Å². The van der Waals surface area contributed by atoms with Crippen LogP contribution >= 0.6 is 22.6 Å². The van der Waals surface area contributed by atoms with E-state index in [1.165, 1.54) is 30.5 Å². The Kier molecular flexibility index (Phi) is 6.36. The number of carbonyl (C=O) groups excluding carboxylic acids is 1. The molecule has 0 aliphatic carbocycles. The number of nitrogens with zero attached hydrogens (tertiary/aromatic N) is 1. The lowest BCUT2D eigenvalue weighted by atomic mass is 10.2. The Morgan fingerprint density at radius 3 is 2.42 bits per heavy atom. The summed E-state index contributed by atoms with van der Waals surface area (Å²) in [7, 11) is -4.27. The first-order valence-corrected chi connectivity index (χ1v) is 9.74. The van der Waals surface area contributed by atoms with Crippen LogP contribution in [-0.2, 0) is 14.9 Å². The first kappa shape index (κ1) is 19.9. The molecule has 1 amide bonds. The highest BCUT2D eigenvalue weighted by Crippen LogP contribution is 2.19. The van der Waals surface area contributed by atoms with Crippen LogP contribution < -0.4 is 10.6 Å². The summed E-state index contributed by atoms with van der Waals surface area (Å²) in [6.07, 6.45) is 1.22. The molecular formula is C17H14IN3O4S. The Hall–Kier alpha value is -2.42. The quantitative estimate of drug-likeness (QED) is 0.260.